The fourth-order valence-corrected chi connectivity index (χ4v) is 4.95. The zero-order chi connectivity index (χ0) is 21.5. The number of hydrogen-bond donors (Lipinski definition) is 3. The number of primary amides is 1. The summed E-state index contributed by atoms with van der Waals surface area (Å²) in [6, 6.07) is 11.0. The van der Waals surface area contributed by atoms with Crippen molar-refractivity contribution in [2.45, 2.75) is 45.2 Å². The van der Waals surface area contributed by atoms with Crippen LogP contribution in [0.1, 0.15) is 54.3 Å². The number of hydrogen-bond acceptors (Lipinski definition) is 4. The van der Waals surface area contributed by atoms with Gasteiger partial charge in [0.2, 0.25) is 5.91 Å². The fourth-order valence-electron chi connectivity index (χ4n) is 4.09. The maximum Gasteiger partial charge on any atom is 0.312 e. The minimum atomic E-state index is -0.630. The zero-order valence-electron chi connectivity index (χ0n) is 17.8. The molecule has 1 saturated heterocycles. The topological polar surface area (TPSA) is 87.5 Å². The van der Waals surface area contributed by atoms with E-state index >= 15 is 0 Å². The maximum atomic E-state index is 12.8. The molecule has 1 fully saturated rings. The number of rotatable bonds is 8. The molecule has 2 atom stereocenters. The number of carbonyl (C=O) groups excluding carboxylic acids is 2. The van der Waals surface area contributed by atoms with E-state index in [-0.39, 0.29) is 18.4 Å². The molecular weight excluding hydrogens is 396 g/mol. The second-order valence-electron chi connectivity index (χ2n) is 8.18. The fraction of sp³-hybridized carbons (Fsp3) is 0.478. The van der Waals surface area contributed by atoms with Gasteiger partial charge in [0.25, 0.3) is 0 Å². The Labute approximate surface area is 182 Å². The standard InChI is InChI=1S/C23H32N4O2S/c1-16-9-11-27(12-10-16)20(21-8-5-13-30-21)15-25-22(28)14-19(26-23(24)29)18-7-4-3-6-17(18)2/h3-8,13,16,19-20H,9-12,14-15H2,1-2H3,(H,25,28)(H3,24,26,29)/t19-,20-/m1/s1. The lowest BCUT2D eigenvalue weighted by molar-refractivity contribution is -0.121. The van der Waals surface area contributed by atoms with E-state index in [2.05, 4.69) is 40.0 Å². The van der Waals surface area contributed by atoms with Crippen molar-refractivity contribution < 1.29 is 9.59 Å². The van der Waals surface area contributed by atoms with Gasteiger partial charge in [-0.3, -0.25) is 9.69 Å². The molecule has 0 spiro atoms. The van der Waals surface area contributed by atoms with Gasteiger partial charge in [0.05, 0.1) is 18.5 Å². The number of nitrogens with one attached hydrogen (secondary N) is 2. The third-order valence-corrected chi connectivity index (χ3v) is 6.87. The smallest absolute Gasteiger partial charge is 0.312 e. The maximum absolute atomic E-state index is 12.8. The molecule has 0 aliphatic carbocycles. The molecule has 7 heteroatoms. The first-order valence-electron chi connectivity index (χ1n) is 10.6. The number of nitrogens with zero attached hydrogens (tertiary/aromatic N) is 1. The highest BCUT2D eigenvalue weighted by molar-refractivity contribution is 7.10. The summed E-state index contributed by atoms with van der Waals surface area (Å²) in [5.74, 6) is 0.665. The van der Waals surface area contributed by atoms with E-state index in [1.54, 1.807) is 11.3 Å². The van der Waals surface area contributed by atoms with E-state index < -0.39 is 12.1 Å². The van der Waals surface area contributed by atoms with Crippen LogP contribution in [0.25, 0.3) is 0 Å². The van der Waals surface area contributed by atoms with Gasteiger partial charge in [-0.25, -0.2) is 4.79 Å². The monoisotopic (exact) mass is 428 g/mol. The van der Waals surface area contributed by atoms with Crippen LogP contribution in [-0.2, 0) is 4.79 Å². The molecule has 30 heavy (non-hydrogen) atoms. The molecule has 1 aliphatic rings. The van der Waals surface area contributed by atoms with Crippen LogP contribution >= 0.6 is 11.3 Å². The Hall–Kier alpha value is -2.38. The number of benzene rings is 1. The van der Waals surface area contributed by atoms with Gasteiger partial charge in [0.15, 0.2) is 0 Å². The molecule has 1 aromatic heterocycles. The Morgan fingerprint density at radius 1 is 1.20 bits per heavy atom. The predicted molar refractivity (Wildman–Crippen MR) is 121 cm³/mol. The van der Waals surface area contributed by atoms with Gasteiger partial charge in [-0.2, -0.15) is 0 Å². The summed E-state index contributed by atoms with van der Waals surface area (Å²) in [7, 11) is 0. The molecule has 1 aliphatic heterocycles. The van der Waals surface area contributed by atoms with Crippen molar-refractivity contribution in [2.24, 2.45) is 11.7 Å². The SMILES string of the molecule is Cc1ccccc1[C@@H](CC(=O)NC[C@H](c1cccs1)N1CCC(C)CC1)NC(N)=O. The number of thiophene rings is 1. The first kappa shape index (κ1) is 22.3. The third-order valence-electron chi connectivity index (χ3n) is 5.89. The predicted octanol–water partition coefficient (Wildman–Crippen LogP) is 3.75. The number of likely N-dealkylation sites (tertiary alicyclic amines) is 1. The summed E-state index contributed by atoms with van der Waals surface area (Å²) < 4.78 is 0. The van der Waals surface area contributed by atoms with Crippen molar-refractivity contribution in [1.29, 1.82) is 0 Å². The molecule has 1 aromatic carbocycles. The quantitative estimate of drug-likeness (QED) is 0.598. The molecule has 0 saturated carbocycles. The molecule has 0 radical (unpaired) electrons. The number of urea groups is 1. The van der Waals surface area contributed by atoms with Crippen LogP contribution in [0.4, 0.5) is 4.79 Å². The zero-order valence-corrected chi connectivity index (χ0v) is 18.6. The Balaban J connectivity index is 1.65. The molecule has 3 rings (SSSR count). The number of aryl methyl sites for hydroxylation is 1. The summed E-state index contributed by atoms with van der Waals surface area (Å²) in [5.41, 5.74) is 7.29. The largest absolute Gasteiger partial charge is 0.354 e. The van der Waals surface area contributed by atoms with Crippen molar-refractivity contribution in [3.8, 4) is 0 Å². The average Bonchev–Trinajstić information content (AvgIpc) is 3.23. The van der Waals surface area contributed by atoms with Crippen LogP contribution in [0.15, 0.2) is 41.8 Å². The molecule has 0 bridgehead atoms. The molecule has 0 unspecified atom stereocenters. The van der Waals surface area contributed by atoms with E-state index in [0.717, 1.165) is 30.1 Å². The van der Waals surface area contributed by atoms with Gasteiger partial charge in [0.1, 0.15) is 0 Å². The lowest BCUT2D eigenvalue weighted by Crippen LogP contribution is -2.42. The molecule has 162 valence electrons. The van der Waals surface area contributed by atoms with E-state index in [4.69, 9.17) is 5.73 Å². The molecular formula is C23H32N4O2S. The van der Waals surface area contributed by atoms with Crippen molar-refractivity contribution >= 4 is 23.3 Å². The van der Waals surface area contributed by atoms with Crippen LogP contribution in [0.5, 0.6) is 0 Å². The summed E-state index contributed by atoms with van der Waals surface area (Å²) in [5, 5.41) is 7.91. The molecule has 4 N–H and O–H groups in total. The van der Waals surface area contributed by atoms with Gasteiger partial charge in [0, 0.05) is 11.4 Å². The molecule has 3 amide bonds. The number of amides is 3. The first-order valence-corrected chi connectivity index (χ1v) is 11.5. The van der Waals surface area contributed by atoms with Crippen LogP contribution in [-0.4, -0.2) is 36.5 Å². The lowest BCUT2D eigenvalue weighted by atomic mass is 9.97. The van der Waals surface area contributed by atoms with Gasteiger partial charge in [-0.05, 0) is 61.3 Å². The van der Waals surface area contributed by atoms with E-state index in [1.165, 1.54) is 17.7 Å². The average molecular weight is 429 g/mol. The second-order valence-corrected chi connectivity index (χ2v) is 9.15. The number of nitrogens with two attached hydrogens (primary N) is 1. The second kappa shape index (κ2) is 10.6. The van der Waals surface area contributed by atoms with Crippen molar-refractivity contribution in [1.82, 2.24) is 15.5 Å². The Morgan fingerprint density at radius 2 is 1.93 bits per heavy atom. The number of piperidine rings is 1. The van der Waals surface area contributed by atoms with Crippen LogP contribution in [0.2, 0.25) is 0 Å². The van der Waals surface area contributed by atoms with Crippen molar-refractivity contribution in [3.63, 3.8) is 0 Å². The molecule has 2 aromatic rings. The lowest BCUT2D eigenvalue weighted by Gasteiger charge is -2.36. The van der Waals surface area contributed by atoms with Gasteiger partial charge in [-0.1, -0.05) is 37.3 Å². The Bertz CT molecular complexity index is 831. The van der Waals surface area contributed by atoms with Gasteiger partial charge >= 0.3 is 6.03 Å². The molecule has 6 nitrogen and oxygen atoms in total. The van der Waals surface area contributed by atoms with Crippen LogP contribution in [0.3, 0.4) is 0 Å². The van der Waals surface area contributed by atoms with E-state index in [9.17, 15) is 9.59 Å². The van der Waals surface area contributed by atoms with Gasteiger partial charge < -0.3 is 16.4 Å². The summed E-state index contributed by atoms with van der Waals surface area (Å²) in [4.78, 5) is 28.1. The minimum absolute atomic E-state index is 0.0936. The van der Waals surface area contributed by atoms with Crippen LogP contribution < -0.4 is 16.4 Å². The highest BCUT2D eigenvalue weighted by atomic mass is 32.1. The first-order chi connectivity index (χ1) is 14.4. The Morgan fingerprint density at radius 3 is 2.57 bits per heavy atom. The third kappa shape index (κ3) is 6.06. The summed E-state index contributed by atoms with van der Waals surface area (Å²) in [6.07, 6.45) is 2.53. The van der Waals surface area contributed by atoms with E-state index in [0.29, 0.717) is 6.54 Å². The summed E-state index contributed by atoms with van der Waals surface area (Å²) in [6.45, 7) is 6.93. The Kier molecular flexibility index (Phi) is 7.87. The highest BCUT2D eigenvalue weighted by Crippen LogP contribution is 2.29. The van der Waals surface area contributed by atoms with Gasteiger partial charge in [-0.15, -0.1) is 11.3 Å². The van der Waals surface area contributed by atoms with Crippen LogP contribution in [0, 0.1) is 12.8 Å². The number of carbonyl (C=O) groups is 2. The van der Waals surface area contributed by atoms with E-state index in [1.807, 2.05) is 31.2 Å². The molecule has 2 heterocycles. The van der Waals surface area contributed by atoms with Crippen molar-refractivity contribution in [2.75, 3.05) is 19.6 Å². The highest BCUT2D eigenvalue weighted by Gasteiger charge is 2.26. The normalized spacial score (nSPS) is 17.3. The van der Waals surface area contributed by atoms with Crippen molar-refractivity contribution in [3.05, 3.63) is 57.8 Å². The minimum Gasteiger partial charge on any atom is -0.354 e. The summed E-state index contributed by atoms with van der Waals surface area (Å²) >= 11 is 1.73.